The van der Waals surface area contributed by atoms with Crippen molar-refractivity contribution in [1.82, 2.24) is 0 Å². The first-order valence-electron chi connectivity index (χ1n) is 11.6. The van der Waals surface area contributed by atoms with Crippen molar-refractivity contribution in [2.75, 3.05) is 0 Å². The maximum atomic E-state index is 11.6. The Morgan fingerprint density at radius 2 is 1.27 bits per heavy atom. The Balaban J connectivity index is 1.16. The van der Waals surface area contributed by atoms with Gasteiger partial charge in [0.25, 0.3) is 0 Å². The lowest BCUT2D eigenvalue weighted by molar-refractivity contribution is -0.152. The summed E-state index contributed by atoms with van der Waals surface area (Å²) in [6, 6.07) is 0. The van der Waals surface area contributed by atoms with Gasteiger partial charge in [0.15, 0.2) is 0 Å². The molecule has 0 aliphatic heterocycles. The van der Waals surface area contributed by atoms with Crippen LogP contribution in [0.15, 0.2) is 12.2 Å². The van der Waals surface area contributed by atoms with Crippen molar-refractivity contribution in [2.45, 2.75) is 45.1 Å². The van der Waals surface area contributed by atoms with E-state index in [2.05, 4.69) is 12.2 Å². The van der Waals surface area contributed by atoms with Crippen LogP contribution in [0.3, 0.4) is 0 Å². The fourth-order valence-electron chi connectivity index (χ4n) is 11.8. The van der Waals surface area contributed by atoms with E-state index in [4.69, 9.17) is 4.74 Å². The molecule has 0 aromatic rings. The molecule has 0 radical (unpaired) electrons. The maximum absolute atomic E-state index is 11.6. The van der Waals surface area contributed by atoms with Gasteiger partial charge in [-0.2, -0.15) is 0 Å². The Hall–Kier alpha value is -0.790. The van der Waals surface area contributed by atoms with Crippen LogP contribution < -0.4 is 0 Å². The Kier molecular flexibility index (Phi) is 2.34. The van der Waals surface area contributed by atoms with Crippen molar-refractivity contribution in [3.8, 4) is 0 Å². The monoisotopic (exact) mass is 350 g/mol. The number of hydrogen-bond donors (Lipinski definition) is 0. The molecular formula is C24H30O2. The first-order valence-corrected chi connectivity index (χ1v) is 11.6. The molecule has 7 fully saturated rings. The van der Waals surface area contributed by atoms with E-state index in [0.29, 0.717) is 0 Å². The first kappa shape index (κ1) is 14.2. The van der Waals surface area contributed by atoms with Crippen LogP contribution in [0.2, 0.25) is 0 Å². The fourth-order valence-corrected chi connectivity index (χ4v) is 11.8. The second-order valence-corrected chi connectivity index (χ2v) is 11.6. The Morgan fingerprint density at radius 1 is 0.692 bits per heavy atom. The molecule has 15 unspecified atom stereocenters. The summed E-state index contributed by atoms with van der Waals surface area (Å²) in [5, 5.41) is 0. The summed E-state index contributed by atoms with van der Waals surface area (Å²) in [5.41, 5.74) is 0. The van der Waals surface area contributed by atoms with Crippen LogP contribution in [0.4, 0.5) is 0 Å². The number of carbonyl (C=O) groups is 1. The molecule has 0 N–H and O–H groups in total. The zero-order valence-electron chi connectivity index (χ0n) is 15.7. The number of esters is 1. The van der Waals surface area contributed by atoms with Crippen LogP contribution in [-0.4, -0.2) is 12.1 Å². The predicted molar refractivity (Wildman–Crippen MR) is 96.6 cm³/mol. The number of fused-ring (bicyclic) bond motifs is 23. The molecule has 0 spiro atoms. The standard InChI is InChI=1S/C24H30O2/c1-9(25)26-18-6-12-5-13(18)22-17-8-16(21(12)22)23-14-7-15(24(17)23)20-11-3-2-10(4-11)19(14)20/h2-3,10-24H,4-8H2,1H3. The molecule has 8 rings (SSSR count). The maximum Gasteiger partial charge on any atom is 0.302 e. The predicted octanol–water partition coefficient (Wildman–Crippen LogP) is 4.16. The van der Waals surface area contributed by atoms with Gasteiger partial charge in [-0.15, -0.1) is 0 Å². The molecule has 0 aromatic heterocycles. The molecule has 0 aromatic carbocycles. The van der Waals surface area contributed by atoms with Gasteiger partial charge in [-0.05, 0) is 115 Å². The SMILES string of the molecule is CC(=O)OC1CC2CC1C1C3CC(C21)C1C2CC(C4C5C=CC(C5)C24)C31. The number of ether oxygens (including phenoxy) is 1. The molecule has 0 amide bonds. The third kappa shape index (κ3) is 1.35. The van der Waals surface area contributed by atoms with E-state index in [9.17, 15) is 4.79 Å². The summed E-state index contributed by atoms with van der Waals surface area (Å²) in [4.78, 5) is 11.6. The molecule has 2 heteroatoms. The number of carbonyl (C=O) groups excluding carboxylic acids is 1. The number of hydrogen-bond acceptors (Lipinski definition) is 2. The van der Waals surface area contributed by atoms with Crippen molar-refractivity contribution in [2.24, 2.45) is 82.9 Å². The molecule has 2 nitrogen and oxygen atoms in total. The third-order valence-electron chi connectivity index (χ3n) is 11.5. The highest BCUT2D eigenvalue weighted by molar-refractivity contribution is 5.66. The lowest BCUT2D eigenvalue weighted by Gasteiger charge is -2.50. The van der Waals surface area contributed by atoms with Gasteiger partial charge >= 0.3 is 5.97 Å². The van der Waals surface area contributed by atoms with E-state index in [1.165, 1.54) is 19.3 Å². The number of allylic oxidation sites excluding steroid dienone is 2. The van der Waals surface area contributed by atoms with Gasteiger partial charge in [-0.3, -0.25) is 4.79 Å². The van der Waals surface area contributed by atoms with E-state index in [0.717, 1.165) is 82.9 Å². The average Bonchev–Trinajstić information content (AvgIpc) is 3.44. The molecule has 7 saturated carbocycles. The zero-order valence-corrected chi connectivity index (χ0v) is 15.7. The van der Waals surface area contributed by atoms with Crippen LogP contribution >= 0.6 is 0 Å². The first-order chi connectivity index (χ1) is 12.7. The van der Waals surface area contributed by atoms with Crippen molar-refractivity contribution in [3.63, 3.8) is 0 Å². The lowest BCUT2D eigenvalue weighted by atomic mass is 9.55. The second kappa shape index (κ2) is 4.28. The Morgan fingerprint density at radius 3 is 1.92 bits per heavy atom. The molecule has 26 heavy (non-hydrogen) atoms. The van der Waals surface area contributed by atoms with Crippen molar-refractivity contribution < 1.29 is 9.53 Å². The summed E-state index contributed by atoms with van der Waals surface area (Å²) in [6.45, 7) is 1.61. The lowest BCUT2D eigenvalue weighted by Crippen LogP contribution is -2.48. The van der Waals surface area contributed by atoms with E-state index in [1.807, 2.05) is 0 Å². The minimum Gasteiger partial charge on any atom is -0.462 e. The van der Waals surface area contributed by atoms with E-state index < -0.39 is 0 Å². The van der Waals surface area contributed by atoms with Crippen LogP contribution in [-0.2, 0) is 9.53 Å². The van der Waals surface area contributed by atoms with Crippen molar-refractivity contribution in [1.29, 1.82) is 0 Å². The van der Waals surface area contributed by atoms with Gasteiger partial charge in [0.05, 0.1) is 0 Å². The molecule has 0 saturated heterocycles. The van der Waals surface area contributed by atoms with Crippen LogP contribution in [0.25, 0.3) is 0 Å². The van der Waals surface area contributed by atoms with Crippen LogP contribution in [0.1, 0.15) is 39.0 Å². The zero-order chi connectivity index (χ0) is 16.9. The van der Waals surface area contributed by atoms with Gasteiger partial charge in [0, 0.05) is 6.92 Å². The third-order valence-corrected chi connectivity index (χ3v) is 11.5. The highest BCUT2D eigenvalue weighted by atomic mass is 16.5. The van der Waals surface area contributed by atoms with Gasteiger partial charge in [0.1, 0.15) is 6.10 Å². The molecule has 8 aliphatic carbocycles. The topological polar surface area (TPSA) is 26.3 Å². The van der Waals surface area contributed by atoms with Crippen molar-refractivity contribution in [3.05, 3.63) is 12.2 Å². The van der Waals surface area contributed by atoms with Gasteiger partial charge in [-0.1, -0.05) is 12.2 Å². The molecule has 8 aliphatic rings. The van der Waals surface area contributed by atoms with E-state index in [-0.39, 0.29) is 12.1 Å². The number of rotatable bonds is 1. The van der Waals surface area contributed by atoms with Crippen molar-refractivity contribution >= 4 is 5.97 Å². The highest BCUT2D eigenvalue weighted by Gasteiger charge is 2.76. The second-order valence-electron chi connectivity index (χ2n) is 11.6. The summed E-state index contributed by atoms with van der Waals surface area (Å²) >= 11 is 0. The molecule has 8 bridgehead atoms. The Bertz CT molecular complexity index is 740. The van der Waals surface area contributed by atoms with Crippen LogP contribution in [0, 0.1) is 82.9 Å². The summed E-state index contributed by atoms with van der Waals surface area (Å²) in [7, 11) is 0. The summed E-state index contributed by atoms with van der Waals surface area (Å²) in [5.74, 6) is 14.0. The van der Waals surface area contributed by atoms with Gasteiger partial charge in [-0.25, -0.2) is 0 Å². The molecule has 15 atom stereocenters. The largest absolute Gasteiger partial charge is 0.462 e. The van der Waals surface area contributed by atoms with Gasteiger partial charge < -0.3 is 4.74 Å². The minimum atomic E-state index is -0.0448. The van der Waals surface area contributed by atoms with E-state index >= 15 is 0 Å². The van der Waals surface area contributed by atoms with E-state index in [1.54, 1.807) is 19.8 Å². The summed E-state index contributed by atoms with van der Waals surface area (Å²) < 4.78 is 5.80. The average molecular weight is 351 g/mol. The smallest absolute Gasteiger partial charge is 0.302 e. The summed E-state index contributed by atoms with van der Waals surface area (Å²) in [6.07, 6.45) is 12.7. The molecule has 0 heterocycles. The molecular weight excluding hydrogens is 320 g/mol. The van der Waals surface area contributed by atoms with Gasteiger partial charge in [0.2, 0.25) is 0 Å². The van der Waals surface area contributed by atoms with Crippen LogP contribution in [0.5, 0.6) is 0 Å². The molecule has 138 valence electrons. The normalized spacial score (nSPS) is 69.3. The fraction of sp³-hybridized carbons (Fsp3) is 0.875. The highest BCUT2D eigenvalue weighted by Crippen LogP contribution is 2.80. The quantitative estimate of drug-likeness (QED) is 0.403. The Labute approximate surface area is 156 Å². The minimum absolute atomic E-state index is 0.0448.